The number of fused-ring (bicyclic) bond motifs is 5. The smallest absolute Gasteiger partial charge is 0.115 e. The van der Waals surface area contributed by atoms with E-state index in [1.54, 1.807) is 0 Å². The summed E-state index contributed by atoms with van der Waals surface area (Å²) in [5.74, 6) is 2.29. The van der Waals surface area contributed by atoms with Gasteiger partial charge in [0.05, 0.1) is 6.10 Å². The standard InChI is InChI=1S/C21H30O2/c1-20(2)10-9-18(23)21(3)11-8-16-15-7-5-14(22)12-13(15)4-6-17(16)19(20)21/h5,7,12,16-19,22-23H,4,6,8-11H2,1-3H3/t16?,17?,18-,19?,21+/m0/s1. The van der Waals surface area contributed by atoms with Gasteiger partial charge in [0.15, 0.2) is 0 Å². The average Bonchev–Trinajstić information content (AvgIpc) is 2.50. The summed E-state index contributed by atoms with van der Waals surface area (Å²) in [6, 6.07) is 5.99. The summed E-state index contributed by atoms with van der Waals surface area (Å²) >= 11 is 0. The van der Waals surface area contributed by atoms with Crippen LogP contribution in [0.3, 0.4) is 0 Å². The van der Waals surface area contributed by atoms with Gasteiger partial charge in [0.25, 0.3) is 0 Å². The van der Waals surface area contributed by atoms with Gasteiger partial charge in [-0.1, -0.05) is 26.8 Å². The van der Waals surface area contributed by atoms with Gasteiger partial charge in [-0.25, -0.2) is 0 Å². The molecule has 1 aromatic carbocycles. The highest BCUT2D eigenvalue weighted by Crippen LogP contribution is 2.64. The Balaban J connectivity index is 1.76. The maximum atomic E-state index is 10.8. The van der Waals surface area contributed by atoms with Crippen LogP contribution in [0.2, 0.25) is 0 Å². The molecule has 0 aromatic heterocycles. The highest BCUT2D eigenvalue weighted by molar-refractivity contribution is 5.40. The van der Waals surface area contributed by atoms with Crippen molar-refractivity contribution in [3.63, 3.8) is 0 Å². The lowest BCUT2D eigenvalue weighted by Gasteiger charge is -2.62. The van der Waals surface area contributed by atoms with Gasteiger partial charge in [-0.15, -0.1) is 0 Å². The Morgan fingerprint density at radius 3 is 2.61 bits per heavy atom. The van der Waals surface area contributed by atoms with Gasteiger partial charge >= 0.3 is 0 Å². The Kier molecular flexibility index (Phi) is 3.36. The highest BCUT2D eigenvalue weighted by atomic mass is 16.3. The minimum atomic E-state index is -0.136. The molecule has 2 fully saturated rings. The van der Waals surface area contributed by atoms with Crippen LogP contribution in [0.15, 0.2) is 18.2 Å². The summed E-state index contributed by atoms with van der Waals surface area (Å²) in [5, 5.41) is 20.6. The molecule has 1 aromatic rings. The van der Waals surface area contributed by atoms with E-state index in [9.17, 15) is 10.2 Å². The first-order valence-electron chi connectivity index (χ1n) is 9.33. The Morgan fingerprint density at radius 2 is 1.83 bits per heavy atom. The average molecular weight is 314 g/mol. The minimum absolute atomic E-state index is 0.0807. The Hall–Kier alpha value is -1.02. The molecule has 3 unspecified atom stereocenters. The molecule has 3 aliphatic carbocycles. The van der Waals surface area contributed by atoms with Gasteiger partial charge in [-0.3, -0.25) is 0 Å². The normalized spacial score (nSPS) is 41.6. The van der Waals surface area contributed by atoms with Crippen molar-refractivity contribution in [3.8, 4) is 5.75 Å². The molecule has 2 saturated carbocycles. The summed E-state index contributed by atoms with van der Waals surface area (Å²) in [4.78, 5) is 0. The van der Waals surface area contributed by atoms with Crippen LogP contribution in [-0.4, -0.2) is 16.3 Å². The number of aliphatic hydroxyl groups is 1. The monoisotopic (exact) mass is 314 g/mol. The van der Waals surface area contributed by atoms with Crippen molar-refractivity contribution in [1.82, 2.24) is 0 Å². The summed E-state index contributed by atoms with van der Waals surface area (Å²) in [7, 11) is 0. The number of phenolic OH excluding ortho intramolecular Hbond substituents is 1. The second kappa shape index (κ2) is 4.99. The van der Waals surface area contributed by atoms with E-state index in [4.69, 9.17) is 0 Å². The maximum Gasteiger partial charge on any atom is 0.115 e. The molecular weight excluding hydrogens is 284 g/mol. The molecule has 0 radical (unpaired) electrons. The molecule has 5 atom stereocenters. The fourth-order valence-corrected chi connectivity index (χ4v) is 6.64. The van der Waals surface area contributed by atoms with E-state index in [2.05, 4.69) is 26.8 Å². The molecular formula is C21H30O2. The van der Waals surface area contributed by atoms with Crippen molar-refractivity contribution < 1.29 is 10.2 Å². The van der Waals surface area contributed by atoms with Gasteiger partial charge in [0.2, 0.25) is 0 Å². The zero-order chi connectivity index (χ0) is 16.4. The van der Waals surface area contributed by atoms with Crippen molar-refractivity contribution in [2.75, 3.05) is 0 Å². The topological polar surface area (TPSA) is 40.5 Å². The first-order chi connectivity index (χ1) is 10.8. The van der Waals surface area contributed by atoms with Crippen LogP contribution < -0.4 is 0 Å². The number of rotatable bonds is 0. The predicted molar refractivity (Wildman–Crippen MR) is 92.5 cm³/mol. The van der Waals surface area contributed by atoms with Crippen molar-refractivity contribution in [1.29, 1.82) is 0 Å². The zero-order valence-corrected chi connectivity index (χ0v) is 14.7. The lowest BCUT2D eigenvalue weighted by molar-refractivity contribution is -0.152. The molecule has 4 rings (SSSR count). The number of aromatic hydroxyl groups is 1. The van der Waals surface area contributed by atoms with Gasteiger partial charge in [-0.05, 0) is 90.4 Å². The minimum Gasteiger partial charge on any atom is -0.508 e. The van der Waals surface area contributed by atoms with E-state index in [0.29, 0.717) is 28.9 Å². The van der Waals surface area contributed by atoms with Gasteiger partial charge < -0.3 is 10.2 Å². The molecule has 0 spiro atoms. The van der Waals surface area contributed by atoms with Crippen molar-refractivity contribution >= 4 is 0 Å². The fourth-order valence-electron chi connectivity index (χ4n) is 6.64. The number of aliphatic hydroxyl groups excluding tert-OH is 1. The Bertz CT molecular complexity index is 620. The molecule has 2 nitrogen and oxygen atoms in total. The third-order valence-electron chi connectivity index (χ3n) is 7.59. The number of benzene rings is 1. The molecule has 0 heterocycles. The number of aryl methyl sites for hydroxylation is 1. The molecule has 126 valence electrons. The van der Waals surface area contributed by atoms with Crippen LogP contribution in [0, 0.1) is 22.7 Å². The van der Waals surface area contributed by atoms with Crippen molar-refractivity contribution in [2.24, 2.45) is 22.7 Å². The second-order valence-electron chi connectivity index (χ2n) is 9.26. The SMILES string of the molecule is CC1(C)CC[C@H](O)[C@@]2(C)CCC3c4ccc(O)cc4CCC3C12. The third kappa shape index (κ3) is 2.17. The Morgan fingerprint density at radius 1 is 1.04 bits per heavy atom. The van der Waals surface area contributed by atoms with E-state index in [1.165, 1.54) is 24.0 Å². The number of hydrogen-bond donors (Lipinski definition) is 2. The molecule has 3 aliphatic rings. The summed E-state index contributed by atoms with van der Waals surface area (Å²) in [6.07, 6.45) is 6.55. The summed E-state index contributed by atoms with van der Waals surface area (Å²) in [5.41, 5.74) is 3.21. The number of hydrogen-bond acceptors (Lipinski definition) is 2. The fraction of sp³-hybridized carbons (Fsp3) is 0.714. The van der Waals surface area contributed by atoms with Crippen LogP contribution in [-0.2, 0) is 6.42 Å². The van der Waals surface area contributed by atoms with Crippen LogP contribution in [0.25, 0.3) is 0 Å². The molecule has 2 heteroatoms. The lowest BCUT2D eigenvalue weighted by atomic mass is 9.44. The Labute approximate surface area is 139 Å². The van der Waals surface area contributed by atoms with Crippen LogP contribution in [0.5, 0.6) is 5.75 Å². The summed E-state index contributed by atoms with van der Waals surface area (Å²) in [6.45, 7) is 7.21. The quantitative estimate of drug-likeness (QED) is 0.732. The lowest BCUT2D eigenvalue weighted by Crippen LogP contribution is -2.57. The largest absolute Gasteiger partial charge is 0.508 e. The van der Waals surface area contributed by atoms with Crippen LogP contribution >= 0.6 is 0 Å². The van der Waals surface area contributed by atoms with E-state index >= 15 is 0 Å². The van der Waals surface area contributed by atoms with Gasteiger partial charge in [-0.2, -0.15) is 0 Å². The van der Waals surface area contributed by atoms with E-state index in [-0.39, 0.29) is 11.5 Å². The van der Waals surface area contributed by atoms with E-state index < -0.39 is 0 Å². The third-order valence-corrected chi connectivity index (χ3v) is 7.59. The van der Waals surface area contributed by atoms with Crippen LogP contribution in [0.1, 0.15) is 69.9 Å². The molecule has 0 aliphatic heterocycles. The second-order valence-corrected chi connectivity index (χ2v) is 9.26. The summed E-state index contributed by atoms with van der Waals surface area (Å²) < 4.78 is 0. The van der Waals surface area contributed by atoms with Gasteiger partial charge in [0, 0.05) is 0 Å². The van der Waals surface area contributed by atoms with Crippen molar-refractivity contribution in [2.45, 2.75) is 71.3 Å². The predicted octanol–water partition coefficient (Wildman–Crippen LogP) is 4.64. The molecule has 0 saturated heterocycles. The molecule has 0 amide bonds. The van der Waals surface area contributed by atoms with Crippen molar-refractivity contribution in [3.05, 3.63) is 29.3 Å². The zero-order valence-electron chi connectivity index (χ0n) is 14.7. The highest BCUT2D eigenvalue weighted by Gasteiger charge is 2.58. The van der Waals surface area contributed by atoms with E-state index in [1.807, 2.05) is 12.1 Å². The molecule has 0 bridgehead atoms. The first-order valence-corrected chi connectivity index (χ1v) is 9.33. The maximum absolute atomic E-state index is 10.8. The first kappa shape index (κ1) is 15.5. The van der Waals surface area contributed by atoms with E-state index in [0.717, 1.165) is 25.7 Å². The van der Waals surface area contributed by atoms with Gasteiger partial charge in [0.1, 0.15) is 5.75 Å². The molecule has 23 heavy (non-hydrogen) atoms. The van der Waals surface area contributed by atoms with Crippen LogP contribution in [0.4, 0.5) is 0 Å². The molecule has 2 N–H and O–H groups in total. The number of phenols is 1.